The predicted octanol–water partition coefficient (Wildman–Crippen LogP) is -0.590. The second kappa shape index (κ2) is 7.77. The van der Waals surface area contributed by atoms with Crippen LogP contribution in [-0.4, -0.2) is 83.0 Å². The first-order chi connectivity index (χ1) is 12.9. The Morgan fingerprint density at radius 3 is 2.85 bits per heavy atom. The minimum atomic E-state index is -1.57. The first-order valence-corrected chi connectivity index (χ1v) is 10.7. The van der Waals surface area contributed by atoms with E-state index in [4.69, 9.17) is 4.74 Å². The number of carboxylic acid groups (broad SMARTS) is 1. The fourth-order valence-corrected chi connectivity index (χ4v) is 5.36. The summed E-state index contributed by atoms with van der Waals surface area (Å²) in [6, 6.07) is 0. The highest BCUT2D eigenvalue weighted by Gasteiger charge is 2.66. The largest absolute Gasteiger partial charge is 0.477 e. The molecule has 3 rings (SSSR count). The molecule has 0 aliphatic carbocycles. The van der Waals surface area contributed by atoms with Crippen molar-refractivity contribution in [2.45, 2.75) is 16.3 Å². The van der Waals surface area contributed by atoms with Gasteiger partial charge in [0.15, 0.2) is 0 Å². The van der Waals surface area contributed by atoms with Crippen LogP contribution in [0.25, 0.3) is 0 Å². The Kier molecular flexibility index (Phi) is 5.79. The van der Waals surface area contributed by atoms with Gasteiger partial charge in [-0.3, -0.25) is 14.5 Å². The highest BCUT2D eigenvalue weighted by Crippen LogP contribution is 2.47. The van der Waals surface area contributed by atoms with Gasteiger partial charge in [0.25, 0.3) is 11.6 Å². The number of alkyl halides is 1. The van der Waals surface area contributed by atoms with Crippen molar-refractivity contribution in [3.8, 4) is 0 Å². The van der Waals surface area contributed by atoms with Crippen LogP contribution >= 0.6 is 39.5 Å². The number of rotatable bonds is 7. The molecule has 1 fully saturated rings. The molecule has 11 nitrogen and oxygen atoms in total. The van der Waals surface area contributed by atoms with Gasteiger partial charge in [-0.05, 0) is 16.0 Å². The third-order valence-corrected chi connectivity index (χ3v) is 7.02. The van der Waals surface area contributed by atoms with Crippen molar-refractivity contribution >= 4 is 57.2 Å². The van der Waals surface area contributed by atoms with E-state index < -0.39 is 28.9 Å². The number of carboxylic acids is 1. The average Bonchev–Trinajstić information content (AvgIpc) is 3.07. The lowest BCUT2D eigenvalue weighted by Gasteiger charge is -2.55. The number of fused-ring (bicyclic) bond motifs is 1. The monoisotopic (exact) mass is 478 g/mol. The molecule has 3 heterocycles. The molecule has 27 heavy (non-hydrogen) atoms. The molecule has 0 bridgehead atoms. The van der Waals surface area contributed by atoms with E-state index in [1.165, 1.54) is 40.2 Å². The quantitative estimate of drug-likeness (QED) is 0.226. The molecular weight excluding hydrogens is 464 g/mol. The number of aromatic nitrogens is 4. The number of thioether (sulfide) groups is 2. The summed E-state index contributed by atoms with van der Waals surface area (Å²) in [5.74, 6) is -1.58. The van der Waals surface area contributed by atoms with Crippen molar-refractivity contribution < 1.29 is 24.2 Å². The van der Waals surface area contributed by atoms with Gasteiger partial charge in [-0.1, -0.05) is 27.7 Å². The van der Waals surface area contributed by atoms with Crippen molar-refractivity contribution in [3.05, 3.63) is 11.3 Å². The third-order valence-electron chi connectivity index (χ3n) is 4.04. The Balaban J connectivity index is 1.86. The second-order valence-corrected chi connectivity index (χ2v) is 8.16. The Labute approximate surface area is 170 Å². The number of nitrogens with zero attached hydrogens (tertiary/aromatic N) is 5. The van der Waals surface area contributed by atoms with Crippen molar-refractivity contribution in [2.75, 3.05) is 23.9 Å². The summed E-state index contributed by atoms with van der Waals surface area (Å²) in [4.78, 5) is 37.6. The van der Waals surface area contributed by atoms with E-state index in [-0.39, 0.29) is 11.0 Å². The number of β-lactam (4-membered cyclic amide) rings is 1. The number of methoxy groups -OCH3 is 1. The van der Waals surface area contributed by atoms with Crippen LogP contribution in [0.15, 0.2) is 16.4 Å². The van der Waals surface area contributed by atoms with Gasteiger partial charge in [-0.15, -0.1) is 16.9 Å². The molecule has 2 atom stereocenters. The average molecular weight is 479 g/mol. The number of hydrogen-bond donors (Lipinski definition) is 2. The van der Waals surface area contributed by atoms with Crippen molar-refractivity contribution in [1.29, 1.82) is 0 Å². The number of ether oxygens (including phenoxy) is 1. The van der Waals surface area contributed by atoms with Crippen LogP contribution in [0.4, 0.5) is 0 Å². The number of amides is 2. The summed E-state index contributed by atoms with van der Waals surface area (Å²) in [6.45, 7) is 0. The molecule has 1 saturated heterocycles. The van der Waals surface area contributed by atoms with Gasteiger partial charge in [0.1, 0.15) is 11.1 Å². The maximum absolute atomic E-state index is 12.8. The van der Waals surface area contributed by atoms with Gasteiger partial charge in [0.2, 0.25) is 11.1 Å². The zero-order valence-corrected chi connectivity index (χ0v) is 17.4. The fourth-order valence-electron chi connectivity index (χ4n) is 2.79. The number of halogens is 1. The number of nitrogens with one attached hydrogen (secondary N) is 1. The second-order valence-electron chi connectivity index (χ2n) is 5.59. The molecule has 0 spiro atoms. The number of tetrazole rings is 1. The topological polar surface area (TPSA) is 140 Å². The minimum Gasteiger partial charge on any atom is -0.477 e. The van der Waals surface area contributed by atoms with Gasteiger partial charge < -0.3 is 15.2 Å². The number of aryl methyl sites for hydroxylation is 1. The molecule has 1 unspecified atom stereocenters. The molecule has 2 aliphatic heterocycles. The Morgan fingerprint density at radius 1 is 1.56 bits per heavy atom. The molecule has 2 amide bonds. The number of aliphatic carboxylic acids is 1. The van der Waals surface area contributed by atoms with Crippen molar-refractivity contribution in [1.82, 2.24) is 30.4 Å². The van der Waals surface area contributed by atoms with Crippen LogP contribution in [0.2, 0.25) is 0 Å². The Bertz CT molecular complexity index is 832. The van der Waals surface area contributed by atoms with E-state index in [0.717, 1.165) is 0 Å². The molecule has 0 saturated carbocycles. The molecule has 2 aliphatic rings. The Morgan fingerprint density at radius 2 is 2.30 bits per heavy atom. The number of carbonyl (C=O) groups excluding carboxylic acids is 2. The first-order valence-electron chi connectivity index (χ1n) is 7.53. The molecule has 1 aromatic rings. The summed E-state index contributed by atoms with van der Waals surface area (Å²) in [6.07, 6.45) is 0. The van der Waals surface area contributed by atoms with E-state index in [9.17, 15) is 19.5 Å². The summed E-state index contributed by atoms with van der Waals surface area (Å²) in [5.41, 5.74) is -1.09. The standard InChI is InChI=1S/C13H15BrN6O5S2/c1-19-12(16-17-18-19)27-5-6-4-26-11-13(25-2,15-7(21)3-14)10(24)20(11)8(6)9(22)23/h11H,3-5H2,1-2H3,(H,15,21)(H,22,23)/t11?,13-/m0/s1. The van der Waals surface area contributed by atoms with Gasteiger partial charge in [-0.25, -0.2) is 9.48 Å². The molecule has 2 N–H and O–H groups in total. The normalized spacial score (nSPS) is 24.5. The predicted molar refractivity (Wildman–Crippen MR) is 99.0 cm³/mol. The Hall–Kier alpha value is -1.64. The van der Waals surface area contributed by atoms with Crippen LogP contribution in [0.5, 0.6) is 0 Å². The zero-order chi connectivity index (χ0) is 19.8. The minimum absolute atomic E-state index is 0.00195. The molecule has 1 aromatic heterocycles. The summed E-state index contributed by atoms with van der Waals surface area (Å²) >= 11 is 5.63. The lowest BCUT2D eigenvalue weighted by Crippen LogP contribution is -2.80. The third kappa shape index (κ3) is 3.34. The van der Waals surface area contributed by atoms with Crippen LogP contribution in [-0.2, 0) is 26.2 Å². The van der Waals surface area contributed by atoms with E-state index in [1.807, 2.05) is 0 Å². The summed E-state index contributed by atoms with van der Waals surface area (Å²) in [7, 11) is 2.99. The summed E-state index contributed by atoms with van der Waals surface area (Å²) in [5, 5.41) is 23.2. The van der Waals surface area contributed by atoms with Crippen LogP contribution in [0.1, 0.15) is 0 Å². The zero-order valence-electron chi connectivity index (χ0n) is 14.2. The highest BCUT2D eigenvalue weighted by molar-refractivity contribution is 9.09. The molecule has 14 heteroatoms. The van der Waals surface area contributed by atoms with E-state index in [0.29, 0.717) is 22.2 Å². The van der Waals surface area contributed by atoms with Gasteiger partial charge >= 0.3 is 5.97 Å². The smallest absolute Gasteiger partial charge is 0.352 e. The first kappa shape index (κ1) is 20.1. The van der Waals surface area contributed by atoms with E-state index >= 15 is 0 Å². The maximum Gasteiger partial charge on any atom is 0.352 e. The molecular formula is C13H15BrN6O5S2. The molecule has 0 radical (unpaired) electrons. The lowest BCUT2D eigenvalue weighted by molar-refractivity contribution is -0.192. The van der Waals surface area contributed by atoms with Gasteiger partial charge in [-0.2, -0.15) is 0 Å². The number of hydrogen-bond acceptors (Lipinski definition) is 9. The maximum atomic E-state index is 12.8. The van der Waals surface area contributed by atoms with Crippen LogP contribution < -0.4 is 5.32 Å². The highest BCUT2D eigenvalue weighted by atomic mass is 79.9. The van der Waals surface area contributed by atoms with Crippen LogP contribution in [0.3, 0.4) is 0 Å². The van der Waals surface area contributed by atoms with Crippen molar-refractivity contribution in [2.24, 2.45) is 7.05 Å². The molecule has 146 valence electrons. The van der Waals surface area contributed by atoms with E-state index in [1.54, 1.807) is 7.05 Å². The van der Waals surface area contributed by atoms with Crippen molar-refractivity contribution in [3.63, 3.8) is 0 Å². The summed E-state index contributed by atoms with van der Waals surface area (Å²) < 4.78 is 6.79. The molecule has 0 aromatic carbocycles. The van der Waals surface area contributed by atoms with Gasteiger partial charge in [0, 0.05) is 25.7 Å². The van der Waals surface area contributed by atoms with E-state index in [2.05, 4.69) is 36.8 Å². The van der Waals surface area contributed by atoms with Gasteiger partial charge in [0.05, 0.1) is 5.33 Å². The van der Waals surface area contributed by atoms with Crippen LogP contribution in [0, 0.1) is 0 Å². The fraction of sp³-hybridized carbons (Fsp3) is 0.538. The SMILES string of the molecule is CO[C@@]1(NC(=O)CBr)C(=O)N2C(C(=O)O)=C(CSc3nnnn3C)CSC21. The number of carbonyl (C=O) groups is 3. The lowest BCUT2D eigenvalue weighted by atomic mass is 9.98.